The lowest BCUT2D eigenvalue weighted by atomic mass is 10.0. The summed E-state index contributed by atoms with van der Waals surface area (Å²) in [6, 6.07) is 19.9. The van der Waals surface area contributed by atoms with Crippen LogP contribution in [0.15, 0.2) is 77.7 Å². The third-order valence-electron chi connectivity index (χ3n) is 3.54. The zero-order valence-electron chi connectivity index (χ0n) is 13.0. The summed E-state index contributed by atoms with van der Waals surface area (Å²) in [5.74, 6) is 0. The van der Waals surface area contributed by atoms with Gasteiger partial charge in [0.05, 0.1) is 4.90 Å². The van der Waals surface area contributed by atoms with Crippen LogP contribution in [0.2, 0.25) is 0 Å². The van der Waals surface area contributed by atoms with Crippen molar-refractivity contribution in [3.8, 4) is 0 Å². The molecule has 2 amide bonds. The first-order chi connectivity index (χ1) is 12.0. The second-order valence-electron chi connectivity index (χ2n) is 5.23. The maximum atomic E-state index is 12.2. The maximum Gasteiger partial charge on any atom is 0.333 e. The molecule has 0 unspecified atom stereocenters. The van der Waals surface area contributed by atoms with Crippen molar-refractivity contribution in [3.63, 3.8) is 0 Å². The van der Waals surface area contributed by atoms with Crippen molar-refractivity contribution in [1.29, 1.82) is 0 Å². The number of carbonyl (C=O) groups is 1. The zero-order chi connectivity index (χ0) is 17.9. The summed E-state index contributed by atoms with van der Waals surface area (Å²) in [5, 5.41) is 4.27. The Hall–Kier alpha value is -2.77. The summed E-state index contributed by atoms with van der Waals surface area (Å²) < 4.78 is 26.3. The van der Waals surface area contributed by atoms with E-state index in [1.54, 1.807) is 24.3 Å². The van der Waals surface area contributed by atoms with E-state index in [2.05, 4.69) is 5.32 Å². The Morgan fingerprint density at radius 2 is 1.48 bits per heavy atom. The standard InChI is InChI=1S/C18H14N2O3S2/c21-18(20-25(22,23)14-9-2-1-3-10-14)19-17(24)16-12-6-8-13-7-4-5-11-15(13)16/h1-12H,(H2,19,20,21,24). The zero-order valence-corrected chi connectivity index (χ0v) is 14.6. The van der Waals surface area contributed by atoms with Crippen molar-refractivity contribution in [2.45, 2.75) is 4.90 Å². The third kappa shape index (κ3) is 3.84. The van der Waals surface area contributed by atoms with Crippen LogP contribution in [0.3, 0.4) is 0 Å². The monoisotopic (exact) mass is 370 g/mol. The van der Waals surface area contributed by atoms with E-state index in [1.807, 2.05) is 41.1 Å². The van der Waals surface area contributed by atoms with Crippen molar-refractivity contribution < 1.29 is 13.2 Å². The molecule has 0 bridgehead atoms. The molecule has 0 radical (unpaired) electrons. The Balaban J connectivity index is 1.78. The van der Waals surface area contributed by atoms with Crippen LogP contribution in [0.1, 0.15) is 5.56 Å². The minimum absolute atomic E-state index is 0.00114. The lowest BCUT2D eigenvalue weighted by Crippen LogP contribution is -2.42. The van der Waals surface area contributed by atoms with Crippen LogP contribution >= 0.6 is 12.2 Å². The number of urea groups is 1. The highest BCUT2D eigenvalue weighted by Gasteiger charge is 2.18. The summed E-state index contributed by atoms with van der Waals surface area (Å²) in [7, 11) is -3.95. The van der Waals surface area contributed by atoms with Crippen LogP contribution in [-0.4, -0.2) is 19.4 Å². The molecule has 126 valence electrons. The molecule has 2 N–H and O–H groups in total. The number of amides is 2. The van der Waals surface area contributed by atoms with Gasteiger partial charge in [-0.05, 0) is 22.9 Å². The molecular weight excluding hydrogens is 356 g/mol. The quantitative estimate of drug-likeness (QED) is 0.694. The van der Waals surface area contributed by atoms with Crippen molar-refractivity contribution in [1.82, 2.24) is 10.0 Å². The molecule has 0 saturated carbocycles. The van der Waals surface area contributed by atoms with Gasteiger partial charge in [-0.15, -0.1) is 0 Å². The summed E-state index contributed by atoms with van der Waals surface area (Å²) >= 11 is 5.26. The average Bonchev–Trinajstić information content (AvgIpc) is 2.61. The van der Waals surface area contributed by atoms with Crippen LogP contribution in [0, 0.1) is 0 Å². The van der Waals surface area contributed by atoms with E-state index >= 15 is 0 Å². The average molecular weight is 370 g/mol. The van der Waals surface area contributed by atoms with E-state index in [0.29, 0.717) is 5.56 Å². The fourth-order valence-corrected chi connectivity index (χ4v) is 3.60. The lowest BCUT2D eigenvalue weighted by molar-refractivity contribution is 0.250. The molecule has 0 fully saturated rings. The third-order valence-corrected chi connectivity index (χ3v) is 5.21. The Bertz CT molecular complexity index is 1040. The first-order valence-electron chi connectivity index (χ1n) is 7.38. The fourth-order valence-electron chi connectivity index (χ4n) is 2.40. The normalized spacial score (nSPS) is 11.0. The molecule has 3 rings (SSSR count). The predicted octanol–water partition coefficient (Wildman–Crippen LogP) is 3.20. The van der Waals surface area contributed by atoms with Gasteiger partial charge in [-0.25, -0.2) is 17.9 Å². The number of sulfonamides is 1. The molecular formula is C18H14N2O3S2. The molecule has 0 atom stereocenters. The van der Waals surface area contributed by atoms with Crippen molar-refractivity contribution >= 4 is 44.0 Å². The number of thiocarbonyl (C=S) groups is 1. The van der Waals surface area contributed by atoms with Gasteiger partial charge in [0.15, 0.2) is 0 Å². The highest BCUT2D eigenvalue weighted by Crippen LogP contribution is 2.18. The molecule has 7 heteroatoms. The smallest absolute Gasteiger partial charge is 0.297 e. The Labute approximate surface area is 150 Å². The van der Waals surface area contributed by atoms with Crippen molar-refractivity contribution in [2.75, 3.05) is 0 Å². The molecule has 5 nitrogen and oxygen atoms in total. The number of nitrogens with one attached hydrogen (secondary N) is 2. The minimum Gasteiger partial charge on any atom is -0.297 e. The topological polar surface area (TPSA) is 75.3 Å². The molecule has 0 saturated heterocycles. The maximum absolute atomic E-state index is 12.2. The van der Waals surface area contributed by atoms with Gasteiger partial charge in [0, 0.05) is 5.56 Å². The molecule has 0 spiro atoms. The molecule has 3 aromatic carbocycles. The van der Waals surface area contributed by atoms with E-state index in [1.165, 1.54) is 12.1 Å². The van der Waals surface area contributed by atoms with Gasteiger partial charge in [-0.1, -0.05) is 72.9 Å². The molecule has 25 heavy (non-hydrogen) atoms. The van der Waals surface area contributed by atoms with Gasteiger partial charge in [-0.3, -0.25) is 5.32 Å². The largest absolute Gasteiger partial charge is 0.333 e. The Morgan fingerprint density at radius 3 is 2.24 bits per heavy atom. The number of fused-ring (bicyclic) bond motifs is 1. The molecule has 0 heterocycles. The van der Waals surface area contributed by atoms with Gasteiger partial charge < -0.3 is 0 Å². The highest BCUT2D eigenvalue weighted by molar-refractivity contribution is 7.90. The first kappa shape index (κ1) is 17.1. The van der Waals surface area contributed by atoms with Gasteiger partial charge in [0.1, 0.15) is 4.99 Å². The minimum atomic E-state index is -3.95. The second kappa shape index (κ2) is 7.00. The van der Waals surface area contributed by atoms with Crippen molar-refractivity contribution in [3.05, 3.63) is 78.4 Å². The Morgan fingerprint density at radius 1 is 0.840 bits per heavy atom. The summed E-state index contributed by atoms with van der Waals surface area (Å²) in [5.41, 5.74) is 0.653. The summed E-state index contributed by atoms with van der Waals surface area (Å²) in [6.45, 7) is 0. The van der Waals surface area contributed by atoms with Crippen LogP contribution in [0.4, 0.5) is 4.79 Å². The number of hydrogen-bond donors (Lipinski definition) is 2. The molecule has 0 aliphatic rings. The van der Waals surface area contributed by atoms with Crippen LogP contribution < -0.4 is 10.0 Å². The molecule has 0 aliphatic heterocycles. The number of benzene rings is 3. The number of rotatable bonds is 3. The highest BCUT2D eigenvalue weighted by atomic mass is 32.2. The van der Waals surface area contributed by atoms with E-state index < -0.39 is 16.1 Å². The van der Waals surface area contributed by atoms with E-state index in [9.17, 15) is 13.2 Å². The van der Waals surface area contributed by atoms with Crippen molar-refractivity contribution in [2.24, 2.45) is 0 Å². The Kier molecular flexibility index (Phi) is 4.78. The SMILES string of the molecule is O=C(NC(=S)c1cccc2ccccc12)NS(=O)(=O)c1ccccc1. The molecule has 0 aliphatic carbocycles. The van der Waals surface area contributed by atoms with E-state index in [-0.39, 0.29) is 9.88 Å². The second-order valence-corrected chi connectivity index (χ2v) is 7.32. The van der Waals surface area contributed by atoms with Crippen LogP contribution in [-0.2, 0) is 10.0 Å². The van der Waals surface area contributed by atoms with Gasteiger partial charge in [0.25, 0.3) is 10.0 Å². The lowest BCUT2D eigenvalue weighted by Gasteiger charge is -2.11. The number of carbonyl (C=O) groups excluding carboxylic acids is 1. The molecule has 3 aromatic rings. The van der Waals surface area contributed by atoms with Gasteiger partial charge in [-0.2, -0.15) is 0 Å². The van der Waals surface area contributed by atoms with Gasteiger partial charge >= 0.3 is 6.03 Å². The first-order valence-corrected chi connectivity index (χ1v) is 9.27. The van der Waals surface area contributed by atoms with Gasteiger partial charge in [0.2, 0.25) is 0 Å². The van der Waals surface area contributed by atoms with E-state index in [4.69, 9.17) is 12.2 Å². The fraction of sp³-hybridized carbons (Fsp3) is 0. The number of hydrogen-bond acceptors (Lipinski definition) is 4. The summed E-state index contributed by atoms with van der Waals surface area (Å²) in [6.07, 6.45) is 0. The van der Waals surface area contributed by atoms with Crippen LogP contribution in [0.5, 0.6) is 0 Å². The van der Waals surface area contributed by atoms with Crippen LogP contribution in [0.25, 0.3) is 10.8 Å². The molecule has 0 aromatic heterocycles. The summed E-state index contributed by atoms with van der Waals surface area (Å²) in [4.78, 5) is 12.2. The van der Waals surface area contributed by atoms with E-state index in [0.717, 1.165) is 10.8 Å². The predicted molar refractivity (Wildman–Crippen MR) is 101 cm³/mol.